The van der Waals surface area contributed by atoms with Crippen LogP contribution in [0.5, 0.6) is 0 Å². The van der Waals surface area contributed by atoms with Crippen LogP contribution in [0, 0.1) is 0 Å². The Labute approximate surface area is 131 Å². The summed E-state index contributed by atoms with van der Waals surface area (Å²) in [5, 5.41) is 0. The zero-order valence-electron chi connectivity index (χ0n) is 13.0. The first kappa shape index (κ1) is 17.4. The van der Waals surface area contributed by atoms with Gasteiger partial charge < -0.3 is 9.47 Å². The fourth-order valence-corrected chi connectivity index (χ4v) is 1.78. The summed E-state index contributed by atoms with van der Waals surface area (Å²) < 4.78 is 10.3. The third-order valence-corrected chi connectivity index (χ3v) is 2.83. The van der Waals surface area contributed by atoms with Crippen LogP contribution in [0.25, 0.3) is 0 Å². The molecule has 0 spiro atoms. The number of allylic oxidation sites excluding steroid dienone is 2. The Bertz CT molecular complexity index is 600. The van der Waals surface area contributed by atoms with Gasteiger partial charge in [0.15, 0.2) is 0 Å². The molecule has 0 N–H and O–H groups in total. The number of hydrogen-bond acceptors (Lipinski definition) is 4. The Morgan fingerprint density at radius 3 is 2.55 bits per heavy atom. The summed E-state index contributed by atoms with van der Waals surface area (Å²) in [6, 6.07) is 7.15. The van der Waals surface area contributed by atoms with Crippen LogP contribution in [0.2, 0.25) is 0 Å². The largest absolute Gasteiger partial charge is 0.477 e. The van der Waals surface area contributed by atoms with Gasteiger partial charge in [0.2, 0.25) is 5.88 Å². The molecule has 0 amide bonds. The third-order valence-electron chi connectivity index (χ3n) is 2.83. The minimum absolute atomic E-state index is 0.396. The van der Waals surface area contributed by atoms with Gasteiger partial charge in [-0.3, -0.25) is 0 Å². The van der Waals surface area contributed by atoms with E-state index >= 15 is 0 Å². The number of benzene rings is 1. The number of rotatable bonds is 8. The van der Waals surface area contributed by atoms with Crippen LogP contribution in [-0.2, 0) is 9.47 Å². The van der Waals surface area contributed by atoms with Crippen molar-refractivity contribution in [3.05, 3.63) is 72.7 Å². The topological polar surface area (TPSA) is 47.9 Å². The Morgan fingerprint density at radius 1 is 1.27 bits per heavy atom. The molecule has 1 aromatic carbocycles. The highest BCUT2D eigenvalue weighted by atomic mass is 16.5. The maximum absolute atomic E-state index is 11.8. The quantitative estimate of drug-likeness (QED) is 0.183. The molecule has 22 heavy (non-hydrogen) atoms. The van der Waals surface area contributed by atoms with Crippen LogP contribution >= 0.6 is 0 Å². The van der Waals surface area contributed by atoms with E-state index in [0.717, 1.165) is 6.42 Å². The van der Waals surface area contributed by atoms with E-state index in [2.05, 4.69) is 18.2 Å². The van der Waals surface area contributed by atoms with Gasteiger partial charge in [0, 0.05) is 11.3 Å². The molecule has 4 heteroatoms. The van der Waals surface area contributed by atoms with Crippen molar-refractivity contribution in [1.82, 2.24) is 0 Å². The molecule has 0 heterocycles. The molecule has 0 fully saturated rings. The molecule has 0 aliphatic heterocycles. The molecule has 0 aliphatic carbocycles. The molecule has 0 atom stereocenters. The van der Waals surface area contributed by atoms with E-state index in [0.29, 0.717) is 29.3 Å². The lowest BCUT2D eigenvalue weighted by atomic mass is 10.0. The minimum atomic E-state index is -0.396. The van der Waals surface area contributed by atoms with Gasteiger partial charge in [0.05, 0.1) is 19.3 Å². The fraction of sp³-hybridized carbons (Fsp3) is 0.222. The highest BCUT2D eigenvalue weighted by Gasteiger charge is 2.13. The molecule has 0 aromatic heterocycles. The highest BCUT2D eigenvalue weighted by molar-refractivity contribution is 6.08. The summed E-state index contributed by atoms with van der Waals surface area (Å²) in [6.45, 7) is 9.59. The smallest absolute Gasteiger partial charge is 0.338 e. The number of hydrogen-bond donors (Lipinski definition) is 0. The van der Waals surface area contributed by atoms with Crippen molar-refractivity contribution >= 4 is 11.7 Å². The lowest BCUT2D eigenvalue weighted by molar-refractivity contribution is 0.0600. The molecule has 0 saturated heterocycles. The number of carbonyl (C=O) groups is 1. The first-order chi connectivity index (χ1) is 10.6. The van der Waals surface area contributed by atoms with E-state index < -0.39 is 5.97 Å². The molecule has 0 bridgehead atoms. The van der Waals surface area contributed by atoms with Crippen LogP contribution in [0.4, 0.5) is 0 Å². The number of nitrogens with zero attached hydrogens (tertiary/aromatic N) is 1. The standard InChI is InChI=1S/C18H21NO3/c1-5-7-13-22-17(10-6-2)19-14(3)15-11-8-9-12-16(15)18(20)21-4/h5-6,8-12H,1-2,7,13H2,3-4H3/b17-10+,19-14+. The van der Waals surface area contributed by atoms with E-state index in [-0.39, 0.29) is 0 Å². The van der Waals surface area contributed by atoms with Crippen molar-refractivity contribution in [2.75, 3.05) is 13.7 Å². The molecule has 1 rings (SSSR count). The van der Waals surface area contributed by atoms with Crippen molar-refractivity contribution in [3.63, 3.8) is 0 Å². The molecule has 0 radical (unpaired) electrons. The Balaban J connectivity index is 3.08. The van der Waals surface area contributed by atoms with Crippen molar-refractivity contribution in [3.8, 4) is 0 Å². The maximum Gasteiger partial charge on any atom is 0.338 e. The minimum Gasteiger partial charge on any atom is -0.477 e. The molecule has 116 valence electrons. The predicted molar refractivity (Wildman–Crippen MR) is 89.0 cm³/mol. The van der Waals surface area contributed by atoms with Gasteiger partial charge in [0.25, 0.3) is 0 Å². The van der Waals surface area contributed by atoms with Gasteiger partial charge >= 0.3 is 5.97 Å². The third kappa shape index (κ3) is 5.05. The number of ether oxygens (including phenoxy) is 2. The molecular weight excluding hydrogens is 278 g/mol. The number of carbonyl (C=O) groups excluding carboxylic acids is 1. The van der Waals surface area contributed by atoms with E-state index in [9.17, 15) is 4.79 Å². The molecule has 0 saturated carbocycles. The van der Waals surface area contributed by atoms with Crippen molar-refractivity contribution in [2.45, 2.75) is 13.3 Å². The van der Waals surface area contributed by atoms with E-state index in [1.54, 1.807) is 30.4 Å². The average Bonchev–Trinajstić information content (AvgIpc) is 2.54. The van der Waals surface area contributed by atoms with Gasteiger partial charge in [-0.25, -0.2) is 9.79 Å². The van der Waals surface area contributed by atoms with Gasteiger partial charge in [-0.15, -0.1) is 6.58 Å². The second kappa shape index (κ2) is 9.34. The average molecular weight is 299 g/mol. The number of methoxy groups -OCH3 is 1. The van der Waals surface area contributed by atoms with Gasteiger partial charge in [-0.2, -0.15) is 0 Å². The van der Waals surface area contributed by atoms with Crippen LogP contribution < -0.4 is 0 Å². The van der Waals surface area contributed by atoms with Crippen LogP contribution in [-0.4, -0.2) is 25.4 Å². The Kier molecular flexibility index (Phi) is 7.40. The normalized spacial score (nSPS) is 11.7. The Hall–Kier alpha value is -2.62. The summed E-state index contributed by atoms with van der Waals surface area (Å²) in [7, 11) is 1.35. The second-order valence-corrected chi connectivity index (χ2v) is 4.40. The zero-order valence-corrected chi connectivity index (χ0v) is 13.0. The summed E-state index contributed by atoms with van der Waals surface area (Å²) in [6.07, 6.45) is 5.77. The molecule has 0 unspecified atom stereocenters. The highest BCUT2D eigenvalue weighted by Crippen LogP contribution is 2.14. The van der Waals surface area contributed by atoms with Crippen LogP contribution in [0.3, 0.4) is 0 Å². The maximum atomic E-state index is 11.8. The van der Waals surface area contributed by atoms with Gasteiger partial charge in [-0.1, -0.05) is 36.9 Å². The van der Waals surface area contributed by atoms with Crippen LogP contribution in [0.15, 0.2) is 66.5 Å². The zero-order chi connectivity index (χ0) is 16.4. The van der Waals surface area contributed by atoms with Crippen molar-refractivity contribution in [1.29, 1.82) is 0 Å². The summed E-state index contributed by atoms with van der Waals surface area (Å²) >= 11 is 0. The lowest BCUT2D eigenvalue weighted by Gasteiger charge is -2.09. The molecule has 1 aromatic rings. The van der Waals surface area contributed by atoms with Crippen LogP contribution in [0.1, 0.15) is 29.3 Å². The van der Waals surface area contributed by atoms with E-state index in [1.807, 2.05) is 19.1 Å². The summed E-state index contributed by atoms with van der Waals surface area (Å²) in [5.74, 6) is 0.0426. The Morgan fingerprint density at radius 2 is 1.95 bits per heavy atom. The first-order valence-electron chi connectivity index (χ1n) is 6.93. The summed E-state index contributed by atoms with van der Waals surface area (Å²) in [4.78, 5) is 16.2. The van der Waals surface area contributed by atoms with Crippen molar-refractivity contribution in [2.24, 2.45) is 4.99 Å². The summed E-state index contributed by atoms with van der Waals surface area (Å²) in [5.41, 5.74) is 1.83. The SMILES string of the molecule is C=C/C=C(\N=C(/C)c1ccccc1C(=O)OC)OCCC=C. The predicted octanol–water partition coefficient (Wildman–Crippen LogP) is 3.90. The van der Waals surface area contributed by atoms with Crippen molar-refractivity contribution < 1.29 is 14.3 Å². The second-order valence-electron chi connectivity index (χ2n) is 4.40. The first-order valence-corrected chi connectivity index (χ1v) is 6.93. The van der Waals surface area contributed by atoms with E-state index in [1.165, 1.54) is 7.11 Å². The van der Waals surface area contributed by atoms with Gasteiger partial charge in [-0.05, 0) is 25.5 Å². The molecule has 4 nitrogen and oxygen atoms in total. The monoisotopic (exact) mass is 299 g/mol. The lowest BCUT2D eigenvalue weighted by Crippen LogP contribution is -2.09. The van der Waals surface area contributed by atoms with Gasteiger partial charge in [0.1, 0.15) is 0 Å². The number of aliphatic imine (C=N–C) groups is 1. The number of esters is 1. The molecule has 0 aliphatic rings. The molecular formula is C18H21NO3. The fourth-order valence-electron chi connectivity index (χ4n) is 1.78. The van der Waals surface area contributed by atoms with E-state index in [4.69, 9.17) is 9.47 Å².